The van der Waals surface area contributed by atoms with Crippen LogP contribution in [-0.4, -0.2) is 0 Å². The van der Waals surface area contributed by atoms with Crippen LogP contribution in [0.2, 0.25) is 0 Å². The Morgan fingerprint density at radius 2 is 2.06 bits per heavy atom. The third-order valence-electron chi connectivity index (χ3n) is 3.91. The molecule has 0 heteroatoms. The maximum absolute atomic E-state index is 3.62. The Morgan fingerprint density at radius 1 is 1.28 bits per heavy atom. The molecule has 0 saturated heterocycles. The van der Waals surface area contributed by atoms with Gasteiger partial charge in [0.1, 0.15) is 0 Å². The van der Waals surface area contributed by atoms with Gasteiger partial charge in [-0.3, -0.25) is 0 Å². The van der Waals surface area contributed by atoms with E-state index in [4.69, 9.17) is 0 Å². The SMILES string of the molecule is CC=CCC1(CC(C)=CC)CCC[C]=C1C=CC. The highest BCUT2D eigenvalue weighted by atomic mass is 14.4. The summed E-state index contributed by atoms with van der Waals surface area (Å²) in [5.41, 5.74) is 3.20. The molecule has 0 bridgehead atoms. The van der Waals surface area contributed by atoms with Crippen molar-refractivity contribution in [2.24, 2.45) is 5.41 Å². The van der Waals surface area contributed by atoms with Crippen molar-refractivity contribution < 1.29 is 0 Å². The average molecular weight is 243 g/mol. The van der Waals surface area contributed by atoms with Crippen LogP contribution >= 0.6 is 0 Å². The molecule has 0 fully saturated rings. The van der Waals surface area contributed by atoms with Gasteiger partial charge in [0, 0.05) is 5.41 Å². The number of hydrogen-bond acceptors (Lipinski definition) is 0. The lowest BCUT2D eigenvalue weighted by Crippen LogP contribution is -2.25. The molecule has 0 aromatic heterocycles. The van der Waals surface area contributed by atoms with E-state index in [1.165, 1.54) is 30.4 Å². The molecule has 0 saturated carbocycles. The molecule has 0 N–H and O–H groups in total. The molecular weight excluding hydrogens is 216 g/mol. The van der Waals surface area contributed by atoms with Crippen molar-refractivity contribution in [3.63, 3.8) is 0 Å². The first-order chi connectivity index (χ1) is 8.68. The highest BCUT2D eigenvalue weighted by Gasteiger charge is 2.33. The van der Waals surface area contributed by atoms with Crippen LogP contribution in [0, 0.1) is 11.5 Å². The van der Waals surface area contributed by atoms with Gasteiger partial charge in [0.05, 0.1) is 0 Å². The van der Waals surface area contributed by atoms with Crippen molar-refractivity contribution in [1.82, 2.24) is 0 Å². The normalized spacial score (nSPS) is 26.0. The molecule has 1 aliphatic carbocycles. The van der Waals surface area contributed by atoms with E-state index in [0.717, 1.165) is 12.8 Å². The fourth-order valence-electron chi connectivity index (χ4n) is 2.82. The predicted molar refractivity (Wildman–Crippen MR) is 81.3 cm³/mol. The summed E-state index contributed by atoms with van der Waals surface area (Å²) < 4.78 is 0. The van der Waals surface area contributed by atoms with E-state index in [9.17, 15) is 0 Å². The van der Waals surface area contributed by atoms with Crippen LogP contribution in [0.15, 0.2) is 41.5 Å². The van der Waals surface area contributed by atoms with Gasteiger partial charge in [-0.05, 0) is 71.4 Å². The van der Waals surface area contributed by atoms with Gasteiger partial charge in [-0.15, -0.1) is 0 Å². The van der Waals surface area contributed by atoms with Gasteiger partial charge in [-0.25, -0.2) is 0 Å². The van der Waals surface area contributed by atoms with Gasteiger partial charge >= 0.3 is 0 Å². The Bertz CT molecular complexity index is 365. The molecule has 0 heterocycles. The summed E-state index contributed by atoms with van der Waals surface area (Å²) in [6, 6.07) is 0. The monoisotopic (exact) mass is 243 g/mol. The summed E-state index contributed by atoms with van der Waals surface area (Å²) in [7, 11) is 0. The second kappa shape index (κ2) is 7.41. The number of rotatable bonds is 5. The molecule has 0 amide bonds. The largest absolute Gasteiger partial charge is 0.0916 e. The maximum Gasteiger partial charge on any atom is 0.00272 e. The van der Waals surface area contributed by atoms with Crippen LogP contribution in [0.25, 0.3) is 0 Å². The van der Waals surface area contributed by atoms with Gasteiger partial charge in [-0.1, -0.05) is 36.0 Å². The highest BCUT2D eigenvalue weighted by Crippen LogP contribution is 2.46. The second-order valence-corrected chi connectivity index (χ2v) is 5.31. The van der Waals surface area contributed by atoms with Crippen LogP contribution < -0.4 is 0 Å². The van der Waals surface area contributed by atoms with Crippen molar-refractivity contribution in [2.75, 3.05) is 0 Å². The smallest absolute Gasteiger partial charge is 0.00272 e. The van der Waals surface area contributed by atoms with Crippen LogP contribution in [0.1, 0.15) is 59.8 Å². The summed E-state index contributed by atoms with van der Waals surface area (Å²) in [5.74, 6) is 0. The van der Waals surface area contributed by atoms with E-state index in [2.05, 4.69) is 64.2 Å². The number of hydrogen-bond donors (Lipinski definition) is 0. The minimum Gasteiger partial charge on any atom is -0.0916 e. The van der Waals surface area contributed by atoms with E-state index < -0.39 is 0 Å². The van der Waals surface area contributed by atoms with Gasteiger partial charge in [-0.2, -0.15) is 0 Å². The summed E-state index contributed by atoms with van der Waals surface area (Å²) in [6.45, 7) is 8.61. The maximum atomic E-state index is 3.62. The minimum atomic E-state index is 0.286. The molecule has 1 radical (unpaired) electrons. The average Bonchev–Trinajstić information content (AvgIpc) is 2.39. The molecule has 0 aromatic carbocycles. The molecular formula is C18H27. The van der Waals surface area contributed by atoms with E-state index in [1.54, 1.807) is 0 Å². The van der Waals surface area contributed by atoms with Crippen LogP contribution in [0.5, 0.6) is 0 Å². The first kappa shape index (κ1) is 15.0. The zero-order valence-electron chi connectivity index (χ0n) is 12.4. The first-order valence-electron chi connectivity index (χ1n) is 7.15. The zero-order chi connectivity index (χ0) is 13.4. The van der Waals surface area contributed by atoms with Crippen LogP contribution in [0.3, 0.4) is 0 Å². The molecule has 1 atom stereocenters. The quantitative estimate of drug-likeness (QED) is 0.536. The lowest BCUT2D eigenvalue weighted by molar-refractivity contribution is 0.306. The Balaban J connectivity index is 3.07. The molecule has 1 rings (SSSR count). The lowest BCUT2D eigenvalue weighted by atomic mass is 9.66. The third-order valence-corrected chi connectivity index (χ3v) is 3.91. The Morgan fingerprint density at radius 3 is 2.67 bits per heavy atom. The fraction of sp³-hybridized carbons (Fsp3) is 0.556. The lowest BCUT2D eigenvalue weighted by Gasteiger charge is -2.38. The van der Waals surface area contributed by atoms with E-state index in [-0.39, 0.29) is 5.41 Å². The van der Waals surface area contributed by atoms with Crippen LogP contribution in [-0.2, 0) is 0 Å². The molecule has 0 aliphatic heterocycles. The van der Waals surface area contributed by atoms with Crippen molar-refractivity contribution in [2.45, 2.75) is 59.8 Å². The van der Waals surface area contributed by atoms with E-state index >= 15 is 0 Å². The van der Waals surface area contributed by atoms with Crippen molar-refractivity contribution >= 4 is 0 Å². The highest BCUT2D eigenvalue weighted by molar-refractivity contribution is 5.29. The fourth-order valence-corrected chi connectivity index (χ4v) is 2.82. The molecule has 18 heavy (non-hydrogen) atoms. The summed E-state index contributed by atoms with van der Waals surface area (Å²) in [4.78, 5) is 0. The molecule has 0 nitrogen and oxygen atoms in total. The topological polar surface area (TPSA) is 0 Å². The summed E-state index contributed by atoms with van der Waals surface area (Å²) >= 11 is 0. The third kappa shape index (κ3) is 3.73. The van der Waals surface area contributed by atoms with E-state index in [1.807, 2.05) is 0 Å². The Hall–Kier alpha value is -1.04. The number of allylic oxidation sites excluding steroid dienone is 8. The van der Waals surface area contributed by atoms with Crippen molar-refractivity contribution in [1.29, 1.82) is 0 Å². The standard InChI is InChI=1S/C18H27/c1-5-8-13-18(15-16(4)7-3)14-10-9-12-17(18)11-6-2/h5-8,11H,9-10,13-15H2,1-4H3. The first-order valence-corrected chi connectivity index (χ1v) is 7.15. The molecule has 1 aliphatic rings. The van der Waals surface area contributed by atoms with Gasteiger partial charge < -0.3 is 0 Å². The Kier molecular flexibility index (Phi) is 6.18. The van der Waals surface area contributed by atoms with Crippen molar-refractivity contribution in [3.05, 3.63) is 47.6 Å². The molecule has 99 valence electrons. The summed E-state index contributed by atoms with van der Waals surface area (Å²) in [5, 5.41) is 0. The van der Waals surface area contributed by atoms with Crippen molar-refractivity contribution in [3.8, 4) is 0 Å². The summed E-state index contributed by atoms with van der Waals surface area (Å²) in [6.07, 6.45) is 20.8. The second-order valence-electron chi connectivity index (χ2n) is 5.31. The van der Waals surface area contributed by atoms with Gasteiger partial charge in [0.15, 0.2) is 0 Å². The minimum absolute atomic E-state index is 0.286. The Labute approximate surface area is 113 Å². The predicted octanol–water partition coefficient (Wildman–Crippen LogP) is 5.78. The zero-order valence-corrected chi connectivity index (χ0v) is 12.4. The van der Waals surface area contributed by atoms with Crippen LogP contribution in [0.4, 0.5) is 0 Å². The van der Waals surface area contributed by atoms with Gasteiger partial charge in [0.2, 0.25) is 0 Å². The van der Waals surface area contributed by atoms with Gasteiger partial charge in [0.25, 0.3) is 0 Å². The molecule has 1 unspecified atom stereocenters. The van der Waals surface area contributed by atoms with E-state index in [0.29, 0.717) is 0 Å². The molecule has 0 spiro atoms. The molecule has 0 aromatic rings.